The Morgan fingerprint density at radius 1 is 1.00 bits per heavy atom. The Balaban J connectivity index is 1.45. The van der Waals surface area contributed by atoms with Gasteiger partial charge in [-0.05, 0) is 43.9 Å². The van der Waals surface area contributed by atoms with Crippen molar-refractivity contribution in [2.24, 2.45) is 0 Å². The molecule has 5 nitrogen and oxygen atoms in total. The minimum Gasteiger partial charge on any atom is -0.356 e. The van der Waals surface area contributed by atoms with E-state index in [1.165, 1.54) is 25.1 Å². The molecule has 1 saturated carbocycles. The van der Waals surface area contributed by atoms with Gasteiger partial charge in [0.1, 0.15) is 23.8 Å². The van der Waals surface area contributed by atoms with Gasteiger partial charge in [-0.3, -0.25) is 0 Å². The fourth-order valence-electron chi connectivity index (χ4n) is 3.39. The molecule has 1 saturated heterocycles. The minimum absolute atomic E-state index is 0.285. The molecule has 4 rings (SSSR count). The van der Waals surface area contributed by atoms with Crippen molar-refractivity contribution in [2.75, 3.05) is 22.9 Å². The summed E-state index contributed by atoms with van der Waals surface area (Å²) in [7, 11) is 0. The molecule has 0 N–H and O–H groups in total. The normalized spacial score (nSPS) is 18.9. The van der Waals surface area contributed by atoms with Crippen LogP contribution < -0.4 is 9.80 Å². The third-order valence-electron chi connectivity index (χ3n) is 4.66. The van der Waals surface area contributed by atoms with Gasteiger partial charge in [0.15, 0.2) is 0 Å². The quantitative estimate of drug-likeness (QED) is 0.868. The predicted molar refractivity (Wildman–Crippen MR) is 87.0 cm³/mol. The summed E-state index contributed by atoms with van der Waals surface area (Å²) in [5, 5.41) is 0. The van der Waals surface area contributed by atoms with Crippen LogP contribution in [-0.2, 0) is 0 Å². The fourth-order valence-corrected chi connectivity index (χ4v) is 3.39. The highest BCUT2D eigenvalue weighted by Crippen LogP contribution is 2.35. The zero-order valence-corrected chi connectivity index (χ0v) is 13.0. The van der Waals surface area contributed by atoms with E-state index in [1.54, 1.807) is 12.4 Å². The molecule has 2 fully saturated rings. The Bertz CT molecular complexity index is 636. The first kappa shape index (κ1) is 14.4. The van der Waals surface area contributed by atoms with Crippen molar-refractivity contribution in [3.8, 4) is 0 Å². The van der Waals surface area contributed by atoms with Gasteiger partial charge in [0.05, 0.1) is 6.20 Å². The molecular formula is C17H20FN5. The molecule has 6 heteroatoms. The zero-order chi connectivity index (χ0) is 15.6. The fraction of sp³-hybridized carbons (Fsp3) is 0.471. The number of hydrogen-bond acceptors (Lipinski definition) is 5. The van der Waals surface area contributed by atoms with Crippen LogP contribution in [0.25, 0.3) is 0 Å². The Hall–Kier alpha value is -2.24. The summed E-state index contributed by atoms with van der Waals surface area (Å²) in [4.78, 5) is 17.4. The van der Waals surface area contributed by atoms with Gasteiger partial charge < -0.3 is 9.80 Å². The smallest absolute Gasteiger partial charge is 0.141 e. The van der Waals surface area contributed by atoms with Crippen molar-refractivity contribution in [3.63, 3.8) is 0 Å². The van der Waals surface area contributed by atoms with Crippen molar-refractivity contribution < 1.29 is 4.39 Å². The van der Waals surface area contributed by atoms with E-state index in [2.05, 4.69) is 24.8 Å². The van der Waals surface area contributed by atoms with Crippen molar-refractivity contribution >= 4 is 11.6 Å². The molecule has 2 aliphatic rings. The van der Waals surface area contributed by atoms with Crippen LogP contribution in [0, 0.1) is 5.82 Å². The standard InChI is InChI=1S/C17H20FN5/c18-13-1-4-16(20-11-13)22-9-6-15(7-10-22)23(14-2-3-14)17-5-8-19-12-21-17/h1,4-5,8,11-12,14-15H,2-3,6-7,9-10H2. The number of nitrogens with zero attached hydrogens (tertiary/aromatic N) is 5. The first-order chi connectivity index (χ1) is 11.3. The number of halogens is 1. The maximum absolute atomic E-state index is 13.0. The molecule has 0 spiro atoms. The number of pyridine rings is 1. The second-order valence-electron chi connectivity index (χ2n) is 6.26. The molecule has 0 atom stereocenters. The maximum Gasteiger partial charge on any atom is 0.141 e. The zero-order valence-electron chi connectivity index (χ0n) is 13.0. The Kier molecular flexibility index (Phi) is 3.81. The molecular weight excluding hydrogens is 293 g/mol. The van der Waals surface area contributed by atoms with Crippen LogP contribution in [0.4, 0.5) is 16.0 Å². The molecule has 3 heterocycles. The first-order valence-electron chi connectivity index (χ1n) is 8.22. The molecule has 0 radical (unpaired) electrons. The van der Waals surface area contributed by atoms with E-state index in [1.807, 2.05) is 12.3 Å². The summed E-state index contributed by atoms with van der Waals surface area (Å²) >= 11 is 0. The molecule has 1 aliphatic heterocycles. The number of aromatic nitrogens is 3. The lowest BCUT2D eigenvalue weighted by atomic mass is 10.0. The second kappa shape index (κ2) is 6.10. The molecule has 0 unspecified atom stereocenters. The third kappa shape index (κ3) is 3.11. The van der Waals surface area contributed by atoms with Crippen LogP contribution >= 0.6 is 0 Å². The lowest BCUT2D eigenvalue weighted by Gasteiger charge is -2.39. The van der Waals surface area contributed by atoms with Crippen LogP contribution in [-0.4, -0.2) is 40.1 Å². The molecule has 1 aliphatic carbocycles. The number of hydrogen-bond donors (Lipinski definition) is 0. The average Bonchev–Trinajstić information content (AvgIpc) is 3.43. The van der Waals surface area contributed by atoms with Crippen LogP contribution in [0.3, 0.4) is 0 Å². The molecule has 0 amide bonds. The van der Waals surface area contributed by atoms with Gasteiger partial charge in [-0.15, -0.1) is 0 Å². The van der Waals surface area contributed by atoms with Gasteiger partial charge >= 0.3 is 0 Å². The van der Waals surface area contributed by atoms with E-state index >= 15 is 0 Å². The Labute approximate surface area is 135 Å². The SMILES string of the molecule is Fc1ccc(N2CCC(N(c3ccncn3)C3CC3)CC2)nc1. The van der Waals surface area contributed by atoms with E-state index in [0.717, 1.165) is 37.6 Å². The monoisotopic (exact) mass is 313 g/mol. The Morgan fingerprint density at radius 2 is 1.78 bits per heavy atom. The summed E-state index contributed by atoms with van der Waals surface area (Å²) in [6, 6.07) is 6.39. The van der Waals surface area contributed by atoms with Gasteiger partial charge in [0.2, 0.25) is 0 Å². The van der Waals surface area contributed by atoms with E-state index in [9.17, 15) is 4.39 Å². The highest BCUT2D eigenvalue weighted by molar-refractivity contribution is 5.44. The van der Waals surface area contributed by atoms with Gasteiger partial charge in [0, 0.05) is 31.4 Å². The second-order valence-corrected chi connectivity index (χ2v) is 6.26. The predicted octanol–water partition coefficient (Wildman–Crippen LogP) is 2.65. The highest BCUT2D eigenvalue weighted by atomic mass is 19.1. The van der Waals surface area contributed by atoms with Crippen molar-refractivity contribution in [2.45, 2.75) is 37.8 Å². The molecule has 2 aromatic rings. The number of rotatable bonds is 4. The van der Waals surface area contributed by atoms with Crippen molar-refractivity contribution in [1.29, 1.82) is 0 Å². The van der Waals surface area contributed by atoms with Crippen LogP contribution in [0.15, 0.2) is 36.9 Å². The lowest BCUT2D eigenvalue weighted by molar-refractivity contribution is 0.457. The summed E-state index contributed by atoms with van der Waals surface area (Å²) in [6.45, 7) is 1.88. The largest absolute Gasteiger partial charge is 0.356 e. The summed E-state index contributed by atoms with van der Waals surface area (Å²) in [6.07, 6.45) is 9.38. The molecule has 120 valence electrons. The van der Waals surface area contributed by atoms with Crippen LogP contribution in [0.2, 0.25) is 0 Å². The van der Waals surface area contributed by atoms with Crippen LogP contribution in [0.1, 0.15) is 25.7 Å². The van der Waals surface area contributed by atoms with Gasteiger partial charge in [-0.1, -0.05) is 0 Å². The van der Waals surface area contributed by atoms with Gasteiger partial charge in [0.25, 0.3) is 0 Å². The first-order valence-corrected chi connectivity index (χ1v) is 8.22. The van der Waals surface area contributed by atoms with Crippen molar-refractivity contribution in [3.05, 3.63) is 42.7 Å². The van der Waals surface area contributed by atoms with Crippen molar-refractivity contribution in [1.82, 2.24) is 15.0 Å². The number of anilines is 2. The van der Waals surface area contributed by atoms with E-state index in [4.69, 9.17) is 0 Å². The lowest BCUT2D eigenvalue weighted by Crippen LogP contribution is -2.46. The molecule has 23 heavy (non-hydrogen) atoms. The van der Waals surface area contributed by atoms with E-state index in [0.29, 0.717) is 12.1 Å². The van der Waals surface area contributed by atoms with E-state index in [-0.39, 0.29) is 5.82 Å². The average molecular weight is 313 g/mol. The molecule has 0 bridgehead atoms. The summed E-state index contributed by atoms with van der Waals surface area (Å²) in [5.41, 5.74) is 0. The van der Waals surface area contributed by atoms with Gasteiger partial charge in [-0.2, -0.15) is 0 Å². The number of piperidine rings is 1. The maximum atomic E-state index is 13.0. The summed E-state index contributed by atoms with van der Waals surface area (Å²) in [5.74, 6) is 1.62. The minimum atomic E-state index is -0.285. The third-order valence-corrected chi connectivity index (χ3v) is 4.66. The molecule has 2 aromatic heterocycles. The summed E-state index contributed by atoms with van der Waals surface area (Å²) < 4.78 is 13.0. The van der Waals surface area contributed by atoms with Crippen LogP contribution in [0.5, 0.6) is 0 Å². The van der Waals surface area contributed by atoms with Gasteiger partial charge in [-0.25, -0.2) is 19.3 Å². The Morgan fingerprint density at radius 3 is 2.39 bits per heavy atom. The molecule has 0 aromatic carbocycles. The van der Waals surface area contributed by atoms with E-state index < -0.39 is 0 Å². The topological polar surface area (TPSA) is 45.2 Å². The highest BCUT2D eigenvalue weighted by Gasteiger charge is 2.36.